The highest BCUT2D eigenvalue weighted by molar-refractivity contribution is 6.91. The van der Waals surface area contributed by atoms with Crippen LogP contribution in [-0.2, 0) is 37.8 Å². The smallest absolute Gasteiger partial charge is 0.414 e. The zero-order valence-corrected chi connectivity index (χ0v) is 31.7. The molecule has 1 N–H and O–H groups in total. The highest BCUT2D eigenvalue weighted by Gasteiger charge is 2.66. The number of para-hydroxylation sites is 1. The third-order valence-electron chi connectivity index (χ3n) is 11.4. The number of hydrogen-bond acceptors (Lipinski definition) is 7. The van der Waals surface area contributed by atoms with Gasteiger partial charge in [0, 0.05) is 30.3 Å². The molecule has 4 aromatic rings. The molecule has 0 bridgehead atoms. The highest BCUT2D eigenvalue weighted by Crippen LogP contribution is 2.60. The first-order valence-corrected chi connectivity index (χ1v) is 21.4. The number of rotatable bonds is 12. The van der Waals surface area contributed by atoms with Gasteiger partial charge < -0.3 is 29.1 Å². The lowest BCUT2D eigenvalue weighted by Gasteiger charge is -2.37. The third-order valence-corrected chi connectivity index (χ3v) is 15.7. The molecule has 1 spiro atoms. The zero-order chi connectivity index (χ0) is 37.3. The van der Waals surface area contributed by atoms with Gasteiger partial charge in [0.2, 0.25) is 5.91 Å². The average molecular weight is 734 g/mol. The summed E-state index contributed by atoms with van der Waals surface area (Å²) in [5.74, 6) is 0.191. The van der Waals surface area contributed by atoms with Crippen LogP contribution in [0.25, 0.3) is 0 Å². The molecule has 0 radical (unpaired) electrons. The van der Waals surface area contributed by atoms with Crippen molar-refractivity contribution in [2.24, 2.45) is 5.92 Å². The summed E-state index contributed by atoms with van der Waals surface area (Å²) in [6.45, 7) is 8.17. The van der Waals surface area contributed by atoms with Crippen molar-refractivity contribution in [2.75, 3.05) is 43.2 Å². The molecule has 0 saturated carbocycles. The summed E-state index contributed by atoms with van der Waals surface area (Å²) in [7, 11) is -0.845. The standard InChI is InChI=1S/C42H47N3O7Si/c1-29-39(53(3,4)34-19-17-33(50-2)18-20-34)37(26-38(47)43(21-23-46)27-30-11-6-5-7-12-30)52-42(29)35-15-8-9-16-36(35)45(40(42)48)28-31-13-10-14-32(25-31)44-22-24-51-41(44)49/h5-20,25,29,37,39,46H,21-24,26-28H2,1-4H3/t29-,37+,39-,42+/m1/s1. The second-order valence-corrected chi connectivity index (χ2v) is 19.4. The van der Waals surface area contributed by atoms with Crippen molar-refractivity contribution in [1.29, 1.82) is 0 Å². The fourth-order valence-electron chi connectivity index (χ4n) is 8.78. The van der Waals surface area contributed by atoms with Crippen LogP contribution in [-0.4, -0.2) is 75.5 Å². The minimum absolute atomic E-state index is 0.0690. The predicted octanol–water partition coefficient (Wildman–Crippen LogP) is 5.83. The van der Waals surface area contributed by atoms with E-state index in [0.717, 1.165) is 33.8 Å². The Morgan fingerprint density at radius 2 is 1.68 bits per heavy atom. The molecule has 2 saturated heterocycles. The minimum Gasteiger partial charge on any atom is -0.497 e. The van der Waals surface area contributed by atoms with E-state index in [4.69, 9.17) is 14.2 Å². The van der Waals surface area contributed by atoms with Gasteiger partial charge in [-0.1, -0.05) is 98.0 Å². The van der Waals surface area contributed by atoms with Crippen LogP contribution in [0.5, 0.6) is 5.75 Å². The van der Waals surface area contributed by atoms with Crippen molar-refractivity contribution in [3.63, 3.8) is 0 Å². The summed E-state index contributed by atoms with van der Waals surface area (Å²) in [5.41, 5.74) is 2.68. The lowest BCUT2D eigenvalue weighted by atomic mass is 9.82. The molecule has 2 fully saturated rings. The number of fused-ring (bicyclic) bond motifs is 2. The molecule has 10 nitrogen and oxygen atoms in total. The van der Waals surface area contributed by atoms with Crippen molar-refractivity contribution in [3.8, 4) is 5.75 Å². The van der Waals surface area contributed by atoms with Gasteiger partial charge in [0.1, 0.15) is 12.4 Å². The summed E-state index contributed by atoms with van der Waals surface area (Å²) in [4.78, 5) is 46.9. The van der Waals surface area contributed by atoms with Crippen LogP contribution >= 0.6 is 0 Å². The van der Waals surface area contributed by atoms with E-state index >= 15 is 4.79 Å². The van der Waals surface area contributed by atoms with Crippen LogP contribution in [0.15, 0.2) is 103 Å². The molecule has 0 aromatic heterocycles. The number of benzene rings is 4. The van der Waals surface area contributed by atoms with Crippen molar-refractivity contribution in [1.82, 2.24) is 4.90 Å². The van der Waals surface area contributed by atoms with Gasteiger partial charge in [0.05, 0.1) is 53.1 Å². The molecule has 3 aliphatic heterocycles. The van der Waals surface area contributed by atoms with E-state index < -0.39 is 19.8 Å². The zero-order valence-electron chi connectivity index (χ0n) is 30.7. The quantitative estimate of drug-likeness (QED) is 0.183. The first-order chi connectivity index (χ1) is 25.6. The maximum atomic E-state index is 15.2. The summed E-state index contributed by atoms with van der Waals surface area (Å²) in [5, 5.41) is 11.2. The Bertz CT molecular complexity index is 1970. The third kappa shape index (κ3) is 6.62. The maximum absolute atomic E-state index is 15.2. The van der Waals surface area contributed by atoms with Gasteiger partial charge in [-0.15, -0.1) is 0 Å². The first kappa shape index (κ1) is 36.4. The monoisotopic (exact) mass is 733 g/mol. The summed E-state index contributed by atoms with van der Waals surface area (Å²) in [6.07, 6.45) is -0.882. The molecule has 11 heteroatoms. The number of ether oxygens (including phenoxy) is 3. The lowest BCUT2D eigenvalue weighted by Crippen LogP contribution is -2.52. The number of hydrogen-bond donors (Lipinski definition) is 1. The van der Waals surface area contributed by atoms with Gasteiger partial charge in [-0.25, -0.2) is 4.79 Å². The molecule has 4 atom stereocenters. The summed E-state index contributed by atoms with van der Waals surface area (Å²) >= 11 is 0. The molecule has 3 amide bonds. The summed E-state index contributed by atoms with van der Waals surface area (Å²) < 4.78 is 17.8. The molecule has 3 heterocycles. The molecule has 7 rings (SSSR count). The number of aliphatic hydroxyl groups is 1. The fraction of sp³-hybridized carbons (Fsp3) is 0.357. The minimum atomic E-state index is -2.49. The van der Waals surface area contributed by atoms with Gasteiger partial charge in [-0.05, 0) is 47.0 Å². The van der Waals surface area contributed by atoms with Crippen LogP contribution < -0.4 is 19.7 Å². The largest absolute Gasteiger partial charge is 0.497 e. The van der Waals surface area contributed by atoms with E-state index in [1.807, 2.05) is 91.0 Å². The normalized spacial score (nSPS) is 22.3. The average Bonchev–Trinajstić information content (AvgIpc) is 3.80. The number of aliphatic hydroxyl groups excluding tert-OH is 1. The van der Waals surface area contributed by atoms with E-state index in [2.05, 4.69) is 32.2 Å². The number of carbonyl (C=O) groups excluding carboxylic acids is 3. The number of carbonyl (C=O) groups is 3. The van der Waals surface area contributed by atoms with Crippen molar-refractivity contribution < 1.29 is 33.7 Å². The van der Waals surface area contributed by atoms with E-state index in [-0.39, 0.29) is 55.5 Å². The van der Waals surface area contributed by atoms with Gasteiger partial charge in [-0.3, -0.25) is 14.5 Å². The van der Waals surface area contributed by atoms with Gasteiger partial charge >= 0.3 is 6.09 Å². The number of cyclic esters (lactones) is 1. The van der Waals surface area contributed by atoms with Gasteiger partial charge in [-0.2, -0.15) is 0 Å². The molecule has 3 aliphatic rings. The van der Waals surface area contributed by atoms with E-state index in [1.54, 1.807) is 21.8 Å². The Hall–Kier alpha value is -4.97. The number of methoxy groups -OCH3 is 1. The van der Waals surface area contributed by atoms with Crippen LogP contribution in [0.4, 0.5) is 16.2 Å². The van der Waals surface area contributed by atoms with Gasteiger partial charge in [0.25, 0.3) is 5.91 Å². The SMILES string of the molecule is COc1ccc([Si](C)(C)[C@H]2[C@H](CC(=O)N(CCO)Cc3ccccc3)O[C@@]3(C(=O)N(Cc4cccc(N5CCOC5=O)c4)c4ccccc43)[C@@H]2C)cc1. The van der Waals surface area contributed by atoms with Crippen molar-refractivity contribution >= 4 is 42.5 Å². The van der Waals surface area contributed by atoms with Gasteiger partial charge in [0.15, 0.2) is 5.60 Å². The second-order valence-electron chi connectivity index (χ2n) is 14.7. The van der Waals surface area contributed by atoms with E-state index in [9.17, 15) is 14.7 Å². The molecule has 0 unspecified atom stereocenters. The van der Waals surface area contributed by atoms with Crippen LogP contribution in [0.2, 0.25) is 18.6 Å². The molecular formula is C42H47N3O7Si. The molecule has 53 heavy (non-hydrogen) atoms. The van der Waals surface area contributed by atoms with Crippen LogP contribution in [0.3, 0.4) is 0 Å². The van der Waals surface area contributed by atoms with Crippen LogP contribution in [0, 0.1) is 5.92 Å². The van der Waals surface area contributed by atoms with Crippen molar-refractivity contribution in [3.05, 3.63) is 120 Å². The van der Waals surface area contributed by atoms with E-state index in [1.165, 1.54) is 5.19 Å². The number of anilines is 2. The highest BCUT2D eigenvalue weighted by atomic mass is 28.3. The Labute approximate surface area is 311 Å². The number of amides is 3. The molecule has 4 aromatic carbocycles. The topological polar surface area (TPSA) is 109 Å². The fourth-order valence-corrected chi connectivity index (χ4v) is 12.8. The van der Waals surface area contributed by atoms with E-state index in [0.29, 0.717) is 19.7 Å². The van der Waals surface area contributed by atoms with Crippen molar-refractivity contribution in [2.45, 2.75) is 56.8 Å². The summed E-state index contributed by atoms with van der Waals surface area (Å²) in [6, 6.07) is 33.4. The Morgan fingerprint density at radius 3 is 2.38 bits per heavy atom. The first-order valence-electron chi connectivity index (χ1n) is 18.3. The lowest BCUT2D eigenvalue weighted by molar-refractivity contribution is -0.150. The molecular weight excluding hydrogens is 687 g/mol. The van der Waals surface area contributed by atoms with Crippen LogP contribution in [0.1, 0.15) is 30.0 Å². The second kappa shape index (κ2) is 14.8. The molecule has 276 valence electrons. The Balaban J connectivity index is 1.26. The Kier molecular flexibility index (Phi) is 10.2. The Morgan fingerprint density at radius 1 is 0.962 bits per heavy atom. The maximum Gasteiger partial charge on any atom is 0.414 e. The predicted molar refractivity (Wildman–Crippen MR) is 206 cm³/mol. The molecule has 0 aliphatic carbocycles. The number of nitrogens with zero attached hydrogens (tertiary/aromatic N) is 3.